The molecule has 2 aromatic rings. The van der Waals surface area contributed by atoms with Crippen molar-refractivity contribution in [3.8, 4) is 0 Å². The molecule has 0 aliphatic heterocycles. The van der Waals surface area contributed by atoms with Gasteiger partial charge in [0.1, 0.15) is 0 Å². The average molecular weight is 480 g/mol. The highest BCUT2D eigenvalue weighted by Crippen LogP contribution is 2.22. The Morgan fingerprint density at radius 2 is 1.59 bits per heavy atom. The number of guanidine groups is 1. The van der Waals surface area contributed by atoms with Crippen LogP contribution in [0.4, 0.5) is 11.4 Å². The van der Waals surface area contributed by atoms with E-state index < -0.39 is 0 Å². The third-order valence-electron chi connectivity index (χ3n) is 4.21. The molecule has 2 aromatic carbocycles. The minimum absolute atomic E-state index is 0. The molecule has 0 spiro atoms. The van der Waals surface area contributed by atoms with E-state index in [9.17, 15) is 4.79 Å². The number of aliphatic imine (C=N–C) groups is 1. The van der Waals surface area contributed by atoms with Gasteiger partial charge in [-0.15, -0.1) is 24.0 Å². The second kappa shape index (κ2) is 11.6. The Hall–Kier alpha value is -2.09. The van der Waals surface area contributed by atoms with Gasteiger partial charge in [-0.1, -0.05) is 44.2 Å². The second-order valence-electron chi connectivity index (χ2n) is 6.18. The van der Waals surface area contributed by atoms with Crippen molar-refractivity contribution in [2.24, 2.45) is 10.7 Å². The van der Waals surface area contributed by atoms with Gasteiger partial charge in [-0.3, -0.25) is 9.79 Å². The number of carbonyl (C=O) groups is 1. The maximum atomic E-state index is 11.0. The van der Waals surface area contributed by atoms with Gasteiger partial charge in [-0.2, -0.15) is 0 Å². The van der Waals surface area contributed by atoms with E-state index in [4.69, 9.17) is 5.73 Å². The number of nitrogens with one attached hydrogen (secondary N) is 2. The zero-order valence-electron chi connectivity index (χ0n) is 16.2. The SMILES string of the molecule is CCc1cccc(CC)c1NC(N)=NCCc1ccc(NC(C)=O)cc1.I. The number of hydrogen-bond acceptors (Lipinski definition) is 2. The van der Waals surface area contributed by atoms with Crippen LogP contribution < -0.4 is 16.4 Å². The quantitative estimate of drug-likeness (QED) is 0.313. The molecule has 0 bridgehead atoms. The monoisotopic (exact) mass is 480 g/mol. The lowest BCUT2D eigenvalue weighted by atomic mass is 10.0. The van der Waals surface area contributed by atoms with Crippen molar-refractivity contribution in [3.05, 3.63) is 59.2 Å². The lowest BCUT2D eigenvalue weighted by Gasteiger charge is -2.14. The Balaban J connectivity index is 0.00000364. The number of nitrogens with two attached hydrogens (primary N) is 1. The average Bonchev–Trinajstić information content (AvgIpc) is 2.63. The van der Waals surface area contributed by atoms with Crippen LogP contribution >= 0.6 is 24.0 Å². The minimum Gasteiger partial charge on any atom is -0.370 e. The van der Waals surface area contributed by atoms with E-state index >= 15 is 0 Å². The van der Waals surface area contributed by atoms with Crippen molar-refractivity contribution in [2.45, 2.75) is 40.0 Å². The fraction of sp³-hybridized carbons (Fsp3) is 0.333. The molecule has 0 aliphatic carbocycles. The maximum Gasteiger partial charge on any atom is 0.221 e. The molecule has 1 amide bonds. The van der Waals surface area contributed by atoms with Crippen LogP contribution in [0.15, 0.2) is 47.5 Å². The highest BCUT2D eigenvalue weighted by Gasteiger charge is 2.07. The van der Waals surface area contributed by atoms with Crippen LogP contribution in [0.3, 0.4) is 0 Å². The van der Waals surface area contributed by atoms with Gasteiger partial charge in [-0.05, 0) is 48.1 Å². The summed E-state index contributed by atoms with van der Waals surface area (Å²) in [5.41, 5.74) is 11.6. The van der Waals surface area contributed by atoms with E-state index in [1.807, 2.05) is 24.3 Å². The van der Waals surface area contributed by atoms with Crippen molar-refractivity contribution < 1.29 is 4.79 Å². The largest absolute Gasteiger partial charge is 0.370 e. The first-order valence-corrected chi connectivity index (χ1v) is 9.07. The van der Waals surface area contributed by atoms with Crippen molar-refractivity contribution in [2.75, 3.05) is 17.2 Å². The van der Waals surface area contributed by atoms with E-state index in [-0.39, 0.29) is 29.9 Å². The molecule has 0 radical (unpaired) electrons. The fourth-order valence-electron chi connectivity index (χ4n) is 2.83. The van der Waals surface area contributed by atoms with Crippen LogP contribution in [0.1, 0.15) is 37.5 Å². The number of aryl methyl sites for hydroxylation is 2. The Morgan fingerprint density at radius 1 is 1.00 bits per heavy atom. The molecule has 146 valence electrons. The minimum atomic E-state index is -0.0694. The van der Waals surface area contributed by atoms with E-state index in [1.165, 1.54) is 18.1 Å². The predicted octanol–water partition coefficient (Wildman–Crippen LogP) is 4.36. The van der Waals surface area contributed by atoms with Gasteiger partial charge in [0.15, 0.2) is 5.96 Å². The highest BCUT2D eigenvalue weighted by atomic mass is 127. The molecule has 6 heteroatoms. The number of carbonyl (C=O) groups excluding carboxylic acids is 1. The standard InChI is InChI=1S/C21H28N4O.HI/c1-4-17-7-6-8-18(5-2)20(17)25-21(22)23-14-13-16-9-11-19(12-10-16)24-15(3)26;/h6-12H,4-5,13-14H2,1-3H3,(H,24,26)(H3,22,23,25);1H. The van der Waals surface area contributed by atoms with Crippen LogP contribution in [0.2, 0.25) is 0 Å². The molecular weight excluding hydrogens is 451 g/mol. The van der Waals surface area contributed by atoms with Crippen LogP contribution in [-0.2, 0) is 24.1 Å². The number of hydrogen-bond donors (Lipinski definition) is 3. The summed E-state index contributed by atoms with van der Waals surface area (Å²) >= 11 is 0. The van der Waals surface area contributed by atoms with Gasteiger partial charge in [0, 0.05) is 24.8 Å². The third-order valence-corrected chi connectivity index (χ3v) is 4.21. The van der Waals surface area contributed by atoms with Crippen LogP contribution in [0.5, 0.6) is 0 Å². The molecule has 0 saturated heterocycles. The second-order valence-corrected chi connectivity index (χ2v) is 6.18. The summed E-state index contributed by atoms with van der Waals surface area (Å²) in [6.07, 6.45) is 2.69. The Labute approximate surface area is 178 Å². The number of halogens is 1. The van der Waals surface area contributed by atoms with Crippen molar-refractivity contribution in [3.63, 3.8) is 0 Å². The topological polar surface area (TPSA) is 79.5 Å². The number of amides is 1. The Kier molecular flexibility index (Phi) is 9.85. The summed E-state index contributed by atoms with van der Waals surface area (Å²) in [7, 11) is 0. The molecular formula is C21H29IN4O. The van der Waals surface area contributed by atoms with Gasteiger partial charge in [0.05, 0.1) is 0 Å². The summed E-state index contributed by atoms with van der Waals surface area (Å²) < 4.78 is 0. The number of anilines is 2. The van der Waals surface area contributed by atoms with Gasteiger partial charge < -0.3 is 16.4 Å². The summed E-state index contributed by atoms with van der Waals surface area (Å²) in [4.78, 5) is 15.5. The number of nitrogens with zero attached hydrogens (tertiary/aromatic N) is 1. The first kappa shape index (κ1) is 23.0. The van der Waals surface area contributed by atoms with Crippen molar-refractivity contribution in [1.82, 2.24) is 0 Å². The van der Waals surface area contributed by atoms with Gasteiger partial charge in [-0.25, -0.2) is 0 Å². The predicted molar refractivity (Wildman–Crippen MR) is 125 cm³/mol. The molecule has 0 heterocycles. The normalized spacial score (nSPS) is 10.9. The number of para-hydroxylation sites is 1. The summed E-state index contributed by atoms with van der Waals surface area (Å²) in [6, 6.07) is 14.1. The zero-order valence-corrected chi connectivity index (χ0v) is 18.5. The zero-order chi connectivity index (χ0) is 18.9. The van der Waals surface area contributed by atoms with E-state index in [2.05, 4.69) is 47.7 Å². The lowest BCUT2D eigenvalue weighted by Crippen LogP contribution is -2.24. The molecule has 5 nitrogen and oxygen atoms in total. The van der Waals surface area contributed by atoms with E-state index in [1.54, 1.807) is 0 Å². The molecule has 0 unspecified atom stereocenters. The first-order valence-electron chi connectivity index (χ1n) is 9.07. The molecule has 0 saturated carbocycles. The third kappa shape index (κ3) is 7.21. The maximum absolute atomic E-state index is 11.0. The molecule has 0 atom stereocenters. The molecule has 4 N–H and O–H groups in total. The van der Waals surface area contributed by atoms with Crippen molar-refractivity contribution >= 4 is 47.2 Å². The van der Waals surface area contributed by atoms with Gasteiger partial charge in [0.25, 0.3) is 0 Å². The molecule has 27 heavy (non-hydrogen) atoms. The first-order chi connectivity index (χ1) is 12.5. The summed E-state index contributed by atoms with van der Waals surface area (Å²) in [6.45, 7) is 6.38. The van der Waals surface area contributed by atoms with Gasteiger partial charge in [0.2, 0.25) is 5.91 Å². The molecule has 0 aromatic heterocycles. The Morgan fingerprint density at radius 3 is 2.11 bits per heavy atom. The van der Waals surface area contributed by atoms with Crippen LogP contribution in [0.25, 0.3) is 0 Å². The smallest absolute Gasteiger partial charge is 0.221 e. The summed E-state index contributed by atoms with van der Waals surface area (Å²) in [5.74, 6) is 0.371. The summed E-state index contributed by atoms with van der Waals surface area (Å²) in [5, 5.41) is 6.04. The fourth-order valence-corrected chi connectivity index (χ4v) is 2.83. The Bertz CT molecular complexity index is 750. The van der Waals surface area contributed by atoms with Crippen molar-refractivity contribution in [1.29, 1.82) is 0 Å². The van der Waals surface area contributed by atoms with E-state index in [0.717, 1.165) is 36.2 Å². The molecule has 0 aliphatic rings. The number of rotatable bonds is 7. The lowest BCUT2D eigenvalue weighted by molar-refractivity contribution is -0.114. The molecule has 2 rings (SSSR count). The number of benzene rings is 2. The highest BCUT2D eigenvalue weighted by molar-refractivity contribution is 14.0. The van der Waals surface area contributed by atoms with Gasteiger partial charge >= 0.3 is 0 Å². The molecule has 0 fully saturated rings. The van der Waals surface area contributed by atoms with Crippen LogP contribution in [-0.4, -0.2) is 18.4 Å². The van der Waals surface area contributed by atoms with E-state index in [0.29, 0.717) is 12.5 Å². The van der Waals surface area contributed by atoms with Crippen LogP contribution in [0, 0.1) is 0 Å².